The van der Waals surface area contributed by atoms with E-state index in [9.17, 15) is 8.42 Å². The van der Waals surface area contributed by atoms with Crippen molar-refractivity contribution in [1.82, 2.24) is 14.9 Å². The van der Waals surface area contributed by atoms with E-state index in [1.807, 2.05) is 6.92 Å². The highest BCUT2D eigenvalue weighted by molar-refractivity contribution is 7.89. The molecule has 2 aromatic rings. The number of hydrogen-bond donors (Lipinski definition) is 2. The van der Waals surface area contributed by atoms with Gasteiger partial charge in [-0.2, -0.15) is 10.2 Å². The van der Waals surface area contributed by atoms with E-state index in [4.69, 9.17) is 5.73 Å². The molecular weight excluding hydrogens is 276 g/mol. The molecule has 0 aliphatic rings. The van der Waals surface area contributed by atoms with Gasteiger partial charge >= 0.3 is 0 Å². The van der Waals surface area contributed by atoms with Crippen LogP contribution in [0.5, 0.6) is 0 Å². The van der Waals surface area contributed by atoms with Crippen molar-refractivity contribution in [3.05, 3.63) is 47.3 Å². The Bertz CT molecular complexity index is 715. The zero-order chi connectivity index (χ0) is 14.8. The minimum absolute atomic E-state index is 0.0724. The van der Waals surface area contributed by atoms with Crippen molar-refractivity contribution in [2.24, 2.45) is 0 Å². The molecule has 0 saturated heterocycles. The average Bonchev–Trinajstić information content (AvgIpc) is 2.42. The lowest BCUT2D eigenvalue weighted by Gasteiger charge is -2.13. The zero-order valence-electron chi connectivity index (χ0n) is 11.3. The fraction of sp³-hybridized carbons (Fsp3) is 0.231. The topological polar surface area (TPSA) is 98.0 Å². The van der Waals surface area contributed by atoms with Crippen LogP contribution in [0.1, 0.15) is 16.8 Å². The number of hydrogen-bond acceptors (Lipinski definition) is 5. The van der Waals surface area contributed by atoms with Gasteiger partial charge in [-0.25, -0.2) is 13.1 Å². The third-order valence-electron chi connectivity index (χ3n) is 3.05. The van der Waals surface area contributed by atoms with Gasteiger partial charge in [-0.3, -0.25) is 0 Å². The van der Waals surface area contributed by atoms with Crippen LogP contribution >= 0.6 is 0 Å². The van der Waals surface area contributed by atoms with Crippen LogP contribution < -0.4 is 10.5 Å². The summed E-state index contributed by atoms with van der Waals surface area (Å²) in [6, 6.07) is 6.79. The number of aromatic nitrogens is 2. The Balaban J connectivity index is 2.30. The highest BCUT2D eigenvalue weighted by atomic mass is 32.2. The molecule has 3 N–H and O–H groups in total. The average molecular weight is 292 g/mol. The molecule has 0 unspecified atom stereocenters. The number of aryl methyl sites for hydroxylation is 1. The van der Waals surface area contributed by atoms with E-state index in [1.165, 1.54) is 6.20 Å². The molecule has 0 bridgehead atoms. The van der Waals surface area contributed by atoms with Gasteiger partial charge in [0.2, 0.25) is 10.0 Å². The molecule has 1 aromatic heterocycles. The van der Waals surface area contributed by atoms with Crippen molar-refractivity contribution in [3.63, 3.8) is 0 Å². The molecule has 0 saturated carbocycles. The summed E-state index contributed by atoms with van der Waals surface area (Å²) in [5.41, 5.74) is 8.10. The third-order valence-corrected chi connectivity index (χ3v) is 4.65. The van der Waals surface area contributed by atoms with Gasteiger partial charge in [0.25, 0.3) is 0 Å². The van der Waals surface area contributed by atoms with E-state index >= 15 is 0 Å². The summed E-state index contributed by atoms with van der Waals surface area (Å²) in [6.07, 6.45) is 1.53. The van der Waals surface area contributed by atoms with Crippen LogP contribution in [-0.2, 0) is 16.6 Å². The molecule has 2 rings (SSSR count). The first-order valence-electron chi connectivity index (χ1n) is 6.04. The van der Waals surface area contributed by atoms with Crippen LogP contribution in [0.15, 0.2) is 35.4 Å². The van der Waals surface area contributed by atoms with Crippen LogP contribution in [-0.4, -0.2) is 18.6 Å². The van der Waals surface area contributed by atoms with E-state index in [2.05, 4.69) is 14.9 Å². The van der Waals surface area contributed by atoms with Gasteiger partial charge in [0.15, 0.2) is 0 Å². The number of nitrogens with one attached hydrogen (secondary N) is 1. The summed E-state index contributed by atoms with van der Waals surface area (Å²) in [5, 5.41) is 7.53. The Hall–Kier alpha value is -1.99. The number of anilines is 1. The van der Waals surface area contributed by atoms with Crippen molar-refractivity contribution in [1.29, 1.82) is 0 Å². The quantitative estimate of drug-likeness (QED) is 0.824. The van der Waals surface area contributed by atoms with Gasteiger partial charge in [-0.1, -0.05) is 6.07 Å². The van der Waals surface area contributed by atoms with Crippen LogP contribution in [0, 0.1) is 13.8 Å². The Morgan fingerprint density at radius 2 is 2.00 bits per heavy atom. The van der Waals surface area contributed by atoms with E-state index in [-0.39, 0.29) is 17.1 Å². The number of nitrogens with two attached hydrogens (primary N) is 1. The molecule has 7 heteroatoms. The molecule has 0 amide bonds. The van der Waals surface area contributed by atoms with Gasteiger partial charge in [0, 0.05) is 6.20 Å². The van der Waals surface area contributed by atoms with E-state index in [1.54, 1.807) is 31.2 Å². The molecule has 0 atom stereocenters. The lowest BCUT2D eigenvalue weighted by Crippen LogP contribution is -2.25. The molecule has 0 aliphatic carbocycles. The molecule has 1 aromatic carbocycles. The van der Waals surface area contributed by atoms with Gasteiger partial charge < -0.3 is 5.73 Å². The number of rotatable bonds is 4. The van der Waals surface area contributed by atoms with E-state index < -0.39 is 10.0 Å². The lowest BCUT2D eigenvalue weighted by molar-refractivity contribution is 0.579. The Morgan fingerprint density at radius 1 is 1.25 bits per heavy atom. The number of nitrogen functional groups attached to an aromatic ring is 1. The normalized spacial score (nSPS) is 11.5. The van der Waals surface area contributed by atoms with Crippen molar-refractivity contribution in [3.8, 4) is 0 Å². The summed E-state index contributed by atoms with van der Waals surface area (Å²) < 4.78 is 27.2. The van der Waals surface area contributed by atoms with Crippen LogP contribution in [0.3, 0.4) is 0 Å². The van der Waals surface area contributed by atoms with Crippen molar-refractivity contribution < 1.29 is 8.42 Å². The highest BCUT2D eigenvalue weighted by Crippen LogP contribution is 2.25. The number of sulfonamides is 1. The minimum atomic E-state index is -3.69. The van der Waals surface area contributed by atoms with Crippen LogP contribution in [0.2, 0.25) is 0 Å². The fourth-order valence-corrected chi connectivity index (χ4v) is 3.26. The molecular formula is C13H16N4O2S. The van der Waals surface area contributed by atoms with E-state index in [0.717, 1.165) is 5.56 Å². The van der Waals surface area contributed by atoms with Gasteiger partial charge in [-0.05, 0) is 43.2 Å². The highest BCUT2D eigenvalue weighted by Gasteiger charge is 2.21. The summed E-state index contributed by atoms with van der Waals surface area (Å²) in [4.78, 5) is 0.126. The number of nitrogens with zero attached hydrogens (tertiary/aromatic N) is 2. The van der Waals surface area contributed by atoms with Crippen molar-refractivity contribution in [2.75, 3.05) is 5.73 Å². The monoisotopic (exact) mass is 292 g/mol. The Morgan fingerprint density at radius 3 is 2.65 bits per heavy atom. The molecule has 20 heavy (non-hydrogen) atoms. The maximum Gasteiger partial charge on any atom is 0.243 e. The maximum absolute atomic E-state index is 12.4. The lowest BCUT2D eigenvalue weighted by atomic mass is 10.1. The van der Waals surface area contributed by atoms with Crippen LogP contribution in [0.25, 0.3) is 0 Å². The summed E-state index contributed by atoms with van der Waals surface area (Å²) >= 11 is 0. The van der Waals surface area contributed by atoms with Crippen molar-refractivity contribution in [2.45, 2.75) is 25.3 Å². The zero-order valence-corrected chi connectivity index (χ0v) is 12.1. The first-order valence-corrected chi connectivity index (χ1v) is 7.52. The maximum atomic E-state index is 12.4. The number of benzene rings is 1. The molecule has 0 aliphatic heterocycles. The van der Waals surface area contributed by atoms with Crippen LogP contribution in [0.4, 0.5) is 5.69 Å². The minimum Gasteiger partial charge on any atom is -0.398 e. The molecule has 0 radical (unpaired) electrons. The summed E-state index contributed by atoms with van der Waals surface area (Å²) in [7, 11) is -3.69. The predicted molar refractivity (Wildman–Crippen MR) is 76.4 cm³/mol. The molecule has 0 fully saturated rings. The SMILES string of the molecule is Cc1ccc(N)c(S(=O)(=O)NCc2cccnn2)c1C. The molecule has 0 spiro atoms. The second-order valence-corrected chi connectivity index (χ2v) is 6.17. The summed E-state index contributed by atoms with van der Waals surface area (Å²) in [6.45, 7) is 3.65. The second-order valence-electron chi connectivity index (χ2n) is 4.47. The van der Waals surface area contributed by atoms with Crippen molar-refractivity contribution >= 4 is 15.7 Å². The molecule has 1 heterocycles. The largest absolute Gasteiger partial charge is 0.398 e. The standard InChI is InChI=1S/C13H16N4O2S/c1-9-5-6-12(14)13(10(9)2)20(18,19)16-8-11-4-3-7-15-17-11/h3-7,16H,8,14H2,1-2H3. The predicted octanol–water partition coefficient (Wildman–Crippen LogP) is 1.15. The first kappa shape index (κ1) is 14.4. The van der Waals surface area contributed by atoms with E-state index in [0.29, 0.717) is 11.3 Å². The third kappa shape index (κ3) is 2.94. The fourth-order valence-electron chi connectivity index (χ4n) is 1.84. The van der Waals surface area contributed by atoms with Gasteiger partial charge in [-0.15, -0.1) is 0 Å². The van der Waals surface area contributed by atoms with Gasteiger partial charge in [0.1, 0.15) is 4.90 Å². The summed E-state index contributed by atoms with van der Waals surface area (Å²) in [5.74, 6) is 0. The van der Waals surface area contributed by atoms with Gasteiger partial charge in [0.05, 0.1) is 17.9 Å². The Labute approximate surface area is 118 Å². The Kier molecular flexibility index (Phi) is 4.01. The molecule has 106 valence electrons. The smallest absolute Gasteiger partial charge is 0.243 e. The second kappa shape index (κ2) is 5.56. The first-order chi connectivity index (χ1) is 9.42. The molecule has 6 nitrogen and oxygen atoms in total.